The highest BCUT2D eigenvalue weighted by Gasteiger charge is 2.23. The molecule has 2 amide bonds. The van der Waals surface area contributed by atoms with E-state index in [0.29, 0.717) is 22.9 Å². The number of benzene rings is 1. The number of rotatable bonds is 6. The van der Waals surface area contributed by atoms with Gasteiger partial charge in [-0.2, -0.15) is 0 Å². The van der Waals surface area contributed by atoms with E-state index in [4.69, 9.17) is 10.7 Å². The van der Waals surface area contributed by atoms with Crippen molar-refractivity contribution in [1.82, 2.24) is 9.88 Å². The van der Waals surface area contributed by atoms with Crippen LogP contribution in [-0.2, 0) is 4.79 Å². The van der Waals surface area contributed by atoms with Gasteiger partial charge in [0, 0.05) is 18.9 Å². The lowest BCUT2D eigenvalue weighted by Crippen LogP contribution is -2.35. The standard InChI is InChI=1S/C20H22N4O2S2/c21-18(26)14-8-12-27-20(14)23-17(25)7-11-24-9-5-13(6-10-24)19-22-15-3-1-2-4-16(15)28-19/h1-4,8,12-13H,5-7,9-11H2,(H2,21,26)(H,23,25). The number of amides is 2. The predicted octanol–water partition coefficient (Wildman–Crippen LogP) is 3.66. The Morgan fingerprint density at radius 3 is 2.75 bits per heavy atom. The molecule has 0 unspecified atom stereocenters. The molecule has 28 heavy (non-hydrogen) atoms. The lowest BCUT2D eigenvalue weighted by Gasteiger charge is -2.30. The molecule has 1 fully saturated rings. The average Bonchev–Trinajstić information content (AvgIpc) is 3.33. The van der Waals surface area contributed by atoms with Crippen molar-refractivity contribution in [3.63, 3.8) is 0 Å². The quantitative estimate of drug-likeness (QED) is 0.644. The minimum absolute atomic E-state index is 0.0850. The van der Waals surface area contributed by atoms with Crippen molar-refractivity contribution in [2.45, 2.75) is 25.2 Å². The van der Waals surface area contributed by atoms with Gasteiger partial charge in [-0.1, -0.05) is 12.1 Å². The Hall–Kier alpha value is -2.29. The molecular formula is C20H22N4O2S2. The number of hydrogen-bond acceptors (Lipinski definition) is 6. The van der Waals surface area contributed by atoms with E-state index in [1.54, 1.807) is 22.8 Å². The van der Waals surface area contributed by atoms with Gasteiger partial charge in [0.15, 0.2) is 0 Å². The third-order valence-corrected chi connectivity index (χ3v) is 7.11. The number of para-hydroxylation sites is 1. The molecule has 8 heteroatoms. The zero-order valence-corrected chi connectivity index (χ0v) is 17.0. The zero-order valence-electron chi connectivity index (χ0n) is 15.4. The minimum Gasteiger partial charge on any atom is -0.366 e. The van der Waals surface area contributed by atoms with Crippen molar-refractivity contribution in [3.05, 3.63) is 46.3 Å². The highest BCUT2D eigenvalue weighted by atomic mass is 32.1. The average molecular weight is 415 g/mol. The summed E-state index contributed by atoms with van der Waals surface area (Å²) in [4.78, 5) is 30.7. The third-order valence-electron chi connectivity index (χ3n) is 5.09. The molecule has 0 spiro atoms. The van der Waals surface area contributed by atoms with Gasteiger partial charge >= 0.3 is 0 Å². The second kappa shape index (κ2) is 8.38. The number of hydrogen-bond donors (Lipinski definition) is 2. The summed E-state index contributed by atoms with van der Waals surface area (Å²) in [6, 6.07) is 9.92. The lowest BCUT2D eigenvalue weighted by atomic mass is 9.97. The van der Waals surface area contributed by atoms with Gasteiger partial charge in [-0.05, 0) is 49.5 Å². The fourth-order valence-electron chi connectivity index (χ4n) is 3.52. The molecule has 1 aliphatic heterocycles. The van der Waals surface area contributed by atoms with E-state index in [1.165, 1.54) is 21.0 Å². The molecule has 0 radical (unpaired) electrons. The maximum Gasteiger partial charge on any atom is 0.251 e. The fraction of sp³-hybridized carbons (Fsp3) is 0.350. The second-order valence-corrected chi connectivity index (χ2v) is 8.94. The summed E-state index contributed by atoms with van der Waals surface area (Å²) >= 11 is 3.11. The summed E-state index contributed by atoms with van der Waals surface area (Å²) in [7, 11) is 0. The van der Waals surface area contributed by atoms with Crippen molar-refractivity contribution in [3.8, 4) is 0 Å². The number of piperidine rings is 1. The molecule has 4 rings (SSSR count). The molecule has 0 bridgehead atoms. The molecule has 6 nitrogen and oxygen atoms in total. The van der Waals surface area contributed by atoms with Gasteiger partial charge in [0.2, 0.25) is 5.91 Å². The number of carbonyl (C=O) groups is 2. The van der Waals surface area contributed by atoms with Crippen molar-refractivity contribution >= 4 is 49.7 Å². The maximum atomic E-state index is 12.2. The van der Waals surface area contributed by atoms with Gasteiger partial charge in [-0.15, -0.1) is 22.7 Å². The SMILES string of the molecule is NC(=O)c1ccsc1NC(=O)CCN1CCC(c2nc3ccccc3s2)CC1. The molecule has 0 atom stereocenters. The number of nitrogens with one attached hydrogen (secondary N) is 1. The molecule has 0 saturated carbocycles. The minimum atomic E-state index is -0.520. The molecule has 0 aliphatic carbocycles. The molecule has 2 aromatic heterocycles. The van der Waals surface area contributed by atoms with Crippen LogP contribution in [0.25, 0.3) is 10.2 Å². The van der Waals surface area contributed by atoms with Crippen LogP contribution in [0.2, 0.25) is 0 Å². The first-order valence-electron chi connectivity index (χ1n) is 9.35. The number of likely N-dealkylation sites (tertiary alicyclic amines) is 1. The van der Waals surface area contributed by atoms with E-state index in [1.807, 2.05) is 6.07 Å². The van der Waals surface area contributed by atoms with Crippen LogP contribution in [0.1, 0.15) is 40.5 Å². The lowest BCUT2D eigenvalue weighted by molar-refractivity contribution is -0.116. The predicted molar refractivity (Wildman–Crippen MR) is 114 cm³/mol. The van der Waals surface area contributed by atoms with Gasteiger partial charge in [-0.3, -0.25) is 9.59 Å². The van der Waals surface area contributed by atoms with Gasteiger partial charge in [0.25, 0.3) is 5.91 Å². The third kappa shape index (κ3) is 4.24. The van der Waals surface area contributed by atoms with Crippen LogP contribution >= 0.6 is 22.7 Å². The Morgan fingerprint density at radius 2 is 2.00 bits per heavy atom. The molecular weight excluding hydrogens is 392 g/mol. The number of thiazole rings is 1. The van der Waals surface area contributed by atoms with Gasteiger partial charge in [0.05, 0.1) is 20.8 Å². The van der Waals surface area contributed by atoms with Gasteiger partial charge < -0.3 is 16.0 Å². The van der Waals surface area contributed by atoms with Crippen LogP contribution < -0.4 is 11.1 Å². The van der Waals surface area contributed by atoms with Crippen LogP contribution in [0.4, 0.5) is 5.00 Å². The second-order valence-electron chi connectivity index (χ2n) is 6.96. The topological polar surface area (TPSA) is 88.3 Å². The summed E-state index contributed by atoms with van der Waals surface area (Å²) in [5, 5.41) is 6.32. The first kappa shape index (κ1) is 19.0. The van der Waals surface area contributed by atoms with Crippen molar-refractivity contribution in [2.75, 3.05) is 25.0 Å². The van der Waals surface area contributed by atoms with E-state index in [0.717, 1.165) is 38.0 Å². The Balaban J connectivity index is 1.26. The number of carbonyl (C=O) groups excluding carboxylic acids is 2. The number of fused-ring (bicyclic) bond motifs is 1. The number of primary amides is 1. The molecule has 3 heterocycles. The van der Waals surface area contributed by atoms with E-state index in [-0.39, 0.29) is 5.91 Å². The summed E-state index contributed by atoms with van der Waals surface area (Å²) in [6.45, 7) is 2.66. The summed E-state index contributed by atoms with van der Waals surface area (Å²) in [6.07, 6.45) is 2.54. The first-order valence-corrected chi connectivity index (χ1v) is 11.0. The van der Waals surface area contributed by atoms with E-state index >= 15 is 0 Å². The molecule has 3 N–H and O–H groups in total. The van der Waals surface area contributed by atoms with Crippen molar-refractivity contribution < 1.29 is 9.59 Å². The van der Waals surface area contributed by atoms with Gasteiger partial charge in [0.1, 0.15) is 5.00 Å². The van der Waals surface area contributed by atoms with Crippen LogP contribution in [-0.4, -0.2) is 41.3 Å². The van der Waals surface area contributed by atoms with E-state index in [9.17, 15) is 9.59 Å². The normalized spacial score (nSPS) is 15.7. The molecule has 3 aromatic rings. The van der Waals surface area contributed by atoms with Crippen LogP contribution in [0.3, 0.4) is 0 Å². The first-order chi connectivity index (χ1) is 13.6. The zero-order chi connectivity index (χ0) is 19.5. The molecule has 146 valence electrons. The number of nitrogens with zero attached hydrogens (tertiary/aromatic N) is 2. The summed E-state index contributed by atoms with van der Waals surface area (Å²) < 4.78 is 1.25. The highest BCUT2D eigenvalue weighted by molar-refractivity contribution is 7.18. The smallest absolute Gasteiger partial charge is 0.251 e. The highest BCUT2D eigenvalue weighted by Crippen LogP contribution is 2.33. The fourth-order valence-corrected chi connectivity index (χ4v) is 5.46. The van der Waals surface area contributed by atoms with Crippen LogP contribution in [0, 0.1) is 0 Å². The molecule has 1 aromatic carbocycles. The molecule has 1 aliphatic rings. The largest absolute Gasteiger partial charge is 0.366 e. The summed E-state index contributed by atoms with van der Waals surface area (Å²) in [5.41, 5.74) is 6.77. The van der Waals surface area contributed by atoms with E-state index < -0.39 is 5.91 Å². The monoisotopic (exact) mass is 414 g/mol. The maximum absolute atomic E-state index is 12.2. The Bertz CT molecular complexity index is 956. The number of aromatic nitrogens is 1. The Kier molecular flexibility index (Phi) is 5.70. The number of anilines is 1. The van der Waals surface area contributed by atoms with Crippen molar-refractivity contribution in [1.29, 1.82) is 0 Å². The Labute approximate surface area is 171 Å². The summed E-state index contributed by atoms with van der Waals surface area (Å²) in [5.74, 6) is -0.0987. The van der Waals surface area contributed by atoms with Crippen LogP contribution in [0.5, 0.6) is 0 Å². The Morgan fingerprint density at radius 1 is 1.21 bits per heavy atom. The van der Waals surface area contributed by atoms with E-state index in [2.05, 4.69) is 28.4 Å². The van der Waals surface area contributed by atoms with Gasteiger partial charge in [-0.25, -0.2) is 4.98 Å². The van der Waals surface area contributed by atoms with Crippen molar-refractivity contribution in [2.24, 2.45) is 5.73 Å². The number of thiophene rings is 1. The van der Waals surface area contributed by atoms with Crippen LogP contribution in [0.15, 0.2) is 35.7 Å². The molecule has 1 saturated heterocycles. The number of nitrogens with two attached hydrogens (primary N) is 1.